The Hall–Kier alpha value is -0.380. The molecule has 10 heavy (non-hydrogen) atoms. The smallest absolute Gasteiger partial charge is 0.153 e. The predicted molar refractivity (Wildman–Crippen MR) is 39.9 cm³/mol. The van der Waals surface area contributed by atoms with Crippen LogP contribution in [0.2, 0.25) is 10.3 Å². The summed E-state index contributed by atoms with van der Waals surface area (Å²) in [5.41, 5.74) is 5.83. The summed E-state index contributed by atoms with van der Waals surface area (Å²) < 4.78 is 0. The molecule has 0 aromatic carbocycles. The van der Waals surface area contributed by atoms with E-state index in [0.717, 1.165) is 0 Å². The van der Waals surface area contributed by atoms with Crippen LogP contribution < -0.4 is 5.73 Å². The molecule has 0 amide bonds. The molecule has 0 atom stereocenters. The summed E-state index contributed by atoms with van der Waals surface area (Å²) in [6, 6.07) is 0. The van der Waals surface area contributed by atoms with Crippen molar-refractivity contribution < 1.29 is 0 Å². The lowest BCUT2D eigenvalue weighted by atomic mass is 10.5. The second-order valence-electron chi connectivity index (χ2n) is 1.63. The minimum Gasteiger partial charge on any atom is -0.325 e. The summed E-state index contributed by atoms with van der Waals surface area (Å²) in [5.74, 6) is 0. The van der Waals surface area contributed by atoms with E-state index in [-0.39, 0.29) is 16.9 Å². The third-order valence-corrected chi connectivity index (χ3v) is 1.45. The van der Waals surface area contributed by atoms with Crippen molar-refractivity contribution >= 4 is 23.2 Å². The monoisotopic (exact) mass is 177 g/mol. The summed E-state index contributed by atoms with van der Waals surface area (Å²) in [7, 11) is 0. The van der Waals surface area contributed by atoms with E-state index in [4.69, 9.17) is 28.9 Å². The third-order valence-electron chi connectivity index (χ3n) is 0.963. The van der Waals surface area contributed by atoms with Gasteiger partial charge >= 0.3 is 0 Å². The van der Waals surface area contributed by atoms with Crippen LogP contribution in [0, 0.1) is 0 Å². The van der Waals surface area contributed by atoms with Crippen molar-refractivity contribution in [1.29, 1.82) is 0 Å². The number of hydrogen-bond donors (Lipinski definition) is 1. The summed E-state index contributed by atoms with van der Waals surface area (Å²) in [6.45, 7) is 0.281. The van der Waals surface area contributed by atoms with Crippen LogP contribution in [0.3, 0.4) is 0 Å². The lowest BCUT2D eigenvalue weighted by Gasteiger charge is -1.96. The Labute approximate surface area is 68.2 Å². The Morgan fingerprint density at radius 3 is 2.70 bits per heavy atom. The molecule has 54 valence electrons. The van der Waals surface area contributed by atoms with Gasteiger partial charge in [-0.15, -0.1) is 0 Å². The van der Waals surface area contributed by atoms with Gasteiger partial charge in [0.1, 0.15) is 5.15 Å². The molecule has 1 rings (SSSR count). The van der Waals surface area contributed by atoms with Crippen molar-refractivity contribution in [3.05, 3.63) is 22.2 Å². The van der Waals surface area contributed by atoms with Crippen LogP contribution in [-0.4, -0.2) is 9.97 Å². The fraction of sp³-hybridized carbons (Fsp3) is 0.200. The van der Waals surface area contributed by atoms with E-state index in [0.29, 0.717) is 5.69 Å². The van der Waals surface area contributed by atoms with Gasteiger partial charge in [0.25, 0.3) is 0 Å². The van der Waals surface area contributed by atoms with Gasteiger partial charge in [0.2, 0.25) is 0 Å². The molecule has 0 bridgehead atoms. The molecule has 1 aromatic heterocycles. The van der Waals surface area contributed by atoms with Crippen LogP contribution in [-0.2, 0) is 6.54 Å². The van der Waals surface area contributed by atoms with Gasteiger partial charge in [-0.2, -0.15) is 0 Å². The summed E-state index contributed by atoms with van der Waals surface area (Å²) >= 11 is 11.1. The molecule has 0 fully saturated rings. The molecule has 0 saturated carbocycles. The zero-order valence-electron chi connectivity index (χ0n) is 5.01. The summed E-state index contributed by atoms with van der Waals surface area (Å²) in [6.07, 6.45) is 1.41. The average molecular weight is 178 g/mol. The molecule has 0 unspecified atom stereocenters. The first-order valence-electron chi connectivity index (χ1n) is 2.61. The Balaban J connectivity index is 3.07. The Morgan fingerprint density at radius 2 is 2.20 bits per heavy atom. The van der Waals surface area contributed by atoms with Crippen LogP contribution in [0.15, 0.2) is 6.20 Å². The summed E-state index contributed by atoms with van der Waals surface area (Å²) in [4.78, 5) is 7.58. The zero-order valence-corrected chi connectivity index (χ0v) is 6.52. The van der Waals surface area contributed by atoms with Gasteiger partial charge < -0.3 is 5.73 Å². The normalized spacial score (nSPS) is 9.90. The second kappa shape index (κ2) is 3.14. The standard InChI is InChI=1S/C5H5Cl2N3/c6-4-2-9-3(1-8)5(7)10-4/h2H,1,8H2. The van der Waals surface area contributed by atoms with E-state index in [1.54, 1.807) is 0 Å². The van der Waals surface area contributed by atoms with Gasteiger partial charge in [-0.25, -0.2) is 4.98 Å². The average Bonchev–Trinajstić information content (AvgIpc) is 1.88. The molecule has 2 N–H and O–H groups in total. The molecule has 3 nitrogen and oxygen atoms in total. The Kier molecular flexibility index (Phi) is 2.43. The summed E-state index contributed by atoms with van der Waals surface area (Å²) in [5, 5.41) is 0.553. The van der Waals surface area contributed by atoms with Crippen LogP contribution in [0.25, 0.3) is 0 Å². The predicted octanol–water partition coefficient (Wildman–Crippen LogP) is 1.24. The molecule has 0 saturated heterocycles. The Morgan fingerprint density at radius 1 is 1.50 bits per heavy atom. The van der Waals surface area contributed by atoms with Gasteiger partial charge in [0.05, 0.1) is 11.9 Å². The topological polar surface area (TPSA) is 51.8 Å². The largest absolute Gasteiger partial charge is 0.325 e. The SMILES string of the molecule is NCc1ncc(Cl)nc1Cl. The van der Waals surface area contributed by atoms with Crippen molar-refractivity contribution in [2.24, 2.45) is 5.73 Å². The third kappa shape index (κ3) is 1.56. The van der Waals surface area contributed by atoms with Crippen LogP contribution in [0.1, 0.15) is 5.69 Å². The molecule has 1 heterocycles. The van der Waals surface area contributed by atoms with Crippen molar-refractivity contribution in [1.82, 2.24) is 9.97 Å². The zero-order chi connectivity index (χ0) is 7.56. The molecule has 1 aromatic rings. The van der Waals surface area contributed by atoms with Crippen molar-refractivity contribution in [2.45, 2.75) is 6.54 Å². The number of rotatable bonds is 1. The second-order valence-corrected chi connectivity index (χ2v) is 2.38. The number of halogens is 2. The van der Waals surface area contributed by atoms with Gasteiger partial charge in [0, 0.05) is 6.54 Å². The first kappa shape index (κ1) is 7.72. The van der Waals surface area contributed by atoms with Crippen molar-refractivity contribution in [2.75, 3.05) is 0 Å². The van der Waals surface area contributed by atoms with E-state index >= 15 is 0 Å². The molecule has 0 radical (unpaired) electrons. The number of aromatic nitrogens is 2. The molecule has 0 spiro atoms. The first-order valence-corrected chi connectivity index (χ1v) is 3.36. The maximum atomic E-state index is 5.59. The quantitative estimate of drug-likeness (QED) is 0.703. The van der Waals surface area contributed by atoms with Crippen LogP contribution in [0.4, 0.5) is 0 Å². The maximum Gasteiger partial charge on any atom is 0.153 e. The fourth-order valence-electron chi connectivity index (χ4n) is 0.509. The minimum atomic E-state index is 0.273. The maximum absolute atomic E-state index is 5.59. The van der Waals surface area contributed by atoms with E-state index in [2.05, 4.69) is 9.97 Å². The van der Waals surface area contributed by atoms with Gasteiger partial charge in [0.15, 0.2) is 5.15 Å². The molecule has 0 aliphatic carbocycles. The van der Waals surface area contributed by atoms with Gasteiger partial charge in [-0.05, 0) is 0 Å². The number of nitrogens with zero attached hydrogens (tertiary/aromatic N) is 2. The van der Waals surface area contributed by atoms with E-state index in [9.17, 15) is 0 Å². The highest BCUT2D eigenvalue weighted by Crippen LogP contribution is 2.12. The van der Waals surface area contributed by atoms with Crippen molar-refractivity contribution in [3.8, 4) is 0 Å². The fourth-order valence-corrected chi connectivity index (χ4v) is 0.902. The molecule has 5 heteroatoms. The van der Waals surface area contributed by atoms with Crippen molar-refractivity contribution in [3.63, 3.8) is 0 Å². The highest BCUT2D eigenvalue weighted by atomic mass is 35.5. The number of hydrogen-bond acceptors (Lipinski definition) is 3. The van der Waals surface area contributed by atoms with Crippen LogP contribution >= 0.6 is 23.2 Å². The van der Waals surface area contributed by atoms with E-state index in [1.807, 2.05) is 0 Å². The first-order chi connectivity index (χ1) is 4.74. The lowest BCUT2D eigenvalue weighted by molar-refractivity contribution is 0.964. The van der Waals surface area contributed by atoms with E-state index in [1.165, 1.54) is 6.20 Å². The molecular weight excluding hydrogens is 173 g/mol. The highest BCUT2D eigenvalue weighted by molar-refractivity contribution is 6.32. The van der Waals surface area contributed by atoms with Gasteiger partial charge in [-0.1, -0.05) is 23.2 Å². The molecule has 0 aliphatic rings. The highest BCUT2D eigenvalue weighted by Gasteiger charge is 2.00. The van der Waals surface area contributed by atoms with Crippen LogP contribution in [0.5, 0.6) is 0 Å². The molecule has 0 aliphatic heterocycles. The Bertz CT molecular complexity index is 238. The minimum absolute atomic E-state index is 0.273. The van der Waals surface area contributed by atoms with Gasteiger partial charge in [-0.3, -0.25) is 4.98 Å². The number of nitrogens with two attached hydrogens (primary N) is 1. The lowest BCUT2D eigenvalue weighted by Crippen LogP contribution is -2.01. The van der Waals surface area contributed by atoms with E-state index < -0.39 is 0 Å². The molecular formula is C5H5Cl2N3.